The lowest BCUT2D eigenvalue weighted by atomic mass is 10.3. The number of nitrogens with zero attached hydrogens (tertiary/aromatic N) is 2. The molecule has 1 N–H and O–H groups in total. The van der Waals surface area contributed by atoms with E-state index < -0.39 is 14.6 Å². The zero-order chi connectivity index (χ0) is 15.7. The minimum atomic E-state index is -3.40. The number of hydrogen-bond donors (Lipinski definition) is 1. The molecule has 2 rings (SSSR count). The van der Waals surface area contributed by atoms with Crippen molar-refractivity contribution in [1.82, 2.24) is 9.97 Å². The first-order valence-electron chi connectivity index (χ1n) is 6.55. The standard InChI is InChI=1S/C14H19N3O2S2/c1-10-12(20-9-17-10)8-15-11-5-6-13(16-7-11)21(18,19)14(2,3)4/h5-7,9,15H,8H2,1-4H3. The third-order valence-electron chi connectivity index (χ3n) is 3.12. The maximum absolute atomic E-state index is 12.3. The maximum atomic E-state index is 12.3. The second kappa shape index (κ2) is 5.73. The Hall–Kier alpha value is -1.47. The van der Waals surface area contributed by atoms with Crippen molar-refractivity contribution in [2.75, 3.05) is 5.32 Å². The van der Waals surface area contributed by atoms with Crippen LogP contribution in [0.1, 0.15) is 31.3 Å². The summed E-state index contributed by atoms with van der Waals surface area (Å²) in [7, 11) is -3.40. The highest BCUT2D eigenvalue weighted by molar-refractivity contribution is 7.92. The van der Waals surface area contributed by atoms with Crippen LogP contribution in [0.2, 0.25) is 0 Å². The Morgan fingerprint density at radius 3 is 2.43 bits per heavy atom. The van der Waals surface area contributed by atoms with Crippen LogP contribution in [-0.4, -0.2) is 23.1 Å². The third kappa shape index (κ3) is 3.41. The van der Waals surface area contributed by atoms with Gasteiger partial charge in [-0.25, -0.2) is 18.4 Å². The first kappa shape index (κ1) is 15.9. The minimum Gasteiger partial charge on any atom is -0.379 e. The molecule has 0 spiro atoms. The van der Waals surface area contributed by atoms with Gasteiger partial charge in [-0.2, -0.15) is 0 Å². The van der Waals surface area contributed by atoms with E-state index in [9.17, 15) is 8.42 Å². The number of aryl methyl sites for hydroxylation is 1. The molecule has 0 amide bonds. The lowest BCUT2D eigenvalue weighted by Gasteiger charge is -2.18. The summed E-state index contributed by atoms with van der Waals surface area (Å²) in [5.41, 5.74) is 3.60. The van der Waals surface area contributed by atoms with Gasteiger partial charge in [-0.1, -0.05) is 0 Å². The number of nitrogens with one attached hydrogen (secondary N) is 1. The van der Waals surface area contributed by atoms with Crippen molar-refractivity contribution in [3.63, 3.8) is 0 Å². The molecule has 5 nitrogen and oxygen atoms in total. The van der Waals surface area contributed by atoms with Crippen LogP contribution in [0.5, 0.6) is 0 Å². The monoisotopic (exact) mass is 325 g/mol. The van der Waals surface area contributed by atoms with E-state index in [0.29, 0.717) is 6.54 Å². The summed E-state index contributed by atoms with van der Waals surface area (Å²) < 4.78 is 23.7. The first-order valence-corrected chi connectivity index (χ1v) is 8.91. The quantitative estimate of drug-likeness (QED) is 0.935. The molecule has 0 aliphatic heterocycles. The van der Waals surface area contributed by atoms with E-state index in [-0.39, 0.29) is 5.03 Å². The fourth-order valence-corrected chi connectivity index (χ4v) is 3.42. The van der Waals surface area contributed by atoms with E-state index in [1.165, 1.54) is 0 Å². The zero-order valence-corrected chi connectivity index (χ0v) is 14.2. The molecule has 2 heterocycles. The molecule has 7 heteroatoms. The molecule has 2 aromatic heterocycles. The second-order valence-electron chi connectivity index (χ2n) is 5.72. The van der Waals surface area contributed by atoms with Gasteiger partial charge >= 0.3 is 0 Å². The molecule has 21 heavy (non-hydrogen) atoms. The fourth-order valence-electron chi connectivity index (χ4n) is 1.64. The van der Waals surface area contributed by atoms with Gasteiger partial charge in [-0.05, 0) is 39.8 Å². The van der Waals surface area contributed by atoms with Gasteiger partial charge in [0, 0.05) is 4.88 Å². The van der Waals surface area contributed by atoms with Crippen LogP contribution in [-0.2, 0) is 16.4 Å². The second-order valence-corrected chi connectivity index (χ2v) is 9.30. The molecule has 0 saturated heterocycles. The Labute approximate surface area is 129 Å². The number of anilines is 1. The van der Waals surface area contributed by atoms with Gasteiger partial charge in [-0.3, -0.25) is 0 Å². The van der Waals surface area contributed by atoms with Crippen molar-refractivity contribution in [3.8, 4) is 0 Å². The van der Waals surface area contributed by atoms with Gasteiger partial charge in [0.25, 0.3) is 0 Å². The Morgan fingerprint density at radius 1 is 1.24 bits per heavy atom. The first-order chi connectivity index (χ1) is 9.72. The molecule has 0 atom stereocenters. The molecule has 2 aromatic rings. The van der Waals surface area contributed by atoms with Crippen molar-refractivity contribution in [3.05, 3.63) is 34.4 Å². The topological polar surface area (TPSA) is 72.0 Å². The maximum Gasteiger partial charge on any atom is 0.200 e. The van der Waals surface area contributed by atoms with Gasteiger partial charge < -0.3 is 5.32 Å². The molecule has 114 valence electrons. The van der Waals surface area contributed by atoms with Crippen LogP contribution in [0.15, 0.2) is 28.9 Å². The Balaban J connectivity index is 2.11. The van der Waals surface area contributed by atoms with Crippen LogP contribution in [0.4, 0.5) is 5.69 Å². The van der Waals surface area contributed by atoms with Crippen molar-refractivity contribution in [1.29, 1.82) is 0 Å². The summed E-state index contributed by atoms with van der Waals surface area (Å²) in [6.07, 6.45) is 1.55. The summed E-state index contributed by atoms with van der Waals surface area (Å²) in [4.78, 5) is 9.42. The average molecular weight is 325 g/mol. The lowest BCUT2D eigenvalue weighted by Crippen LogP contribution is -2.28. The minimum absolute atomic E-state index is 0.106. The molecule has 0 aliphatic rings. The van der Waals surface area contributed by atoms with E-state index in [1.54, 1.807) is 50.4 Å². The Morgan fingerprint density at radius 2 is 1.95 bits per heavy atom. The van der Waals surface area contributed by atoms with Crippen molar-refractivity contribution < 1.29 is 8.42 Å². The number of aromatic nitrogens is 2. The van der Waals surface area contributed by atoms with E-state index in [1.807, 2.05) is 12.4 Å². The summed E-state index contributed by atoms with van der Waals surface area (Å²) in [6, 6.07) is 3.28. The van der Waals surface area contributed by atoms with Gasteiger partial charge in [0.15, 0.2) is 14.9 Å². The molecule has 0 saturated carbocycles. The predicted molar refractivity (Wildman–Crippen MR) is 85.4 cm³/mol. The van der Waals surface area contributed by atoms with E-state index in [0.717, 1.165) is 16.3 Å². The molecule has 0 radical (unpaired) electrons. The summed E-state index contributed by atoms with van der Waals surface area (Å²) in [5.74, 6) is 0. The molecule has 0 unspecified atom stereocenters. The Kier molecular flexibility index (Phi) is 4.34. The zero-order valence-electron chi connectivity index (χ0n) is 12.5. The van der Waals surface area contributed by atoms with Crippen LogP contribution >= 0.6 is 11.3 Å². The van der Waals surface area contributed by atoms with Crippen molar-refractivity contribution >= 4 is 26.9 Å². The molecule has 0 fully saturated rings. The smallest absolute Gasteiger partial charge is 0.200 e. The molecule has 0 bridgehead atoms. The van der Waals surface area contributed by atoms with Crippen LogP contribution in [0, 0.1) is 6.92 Å². The van der Waals surface area contributed by atoms with Gasteiger partial charge in [0.2, 0.25) is 0 Å². The molecular weight excluding hydrogens is 306 g/mol. The van der Waals surface area contributed by atoms with E-state index in [4.69, 9.17) is 0 Å². The number of pyridine rings is 1. The highest BCUT2D eigenvalue weighted by atomic mass is 32.2. The molecular formula is C14H19N3O2S2. The number of hydrogen-bond acceptors (Lipinski definition) is 6. The van der Waals surface area contributed by atoms with Crippen LogP contribution in [0.25, 0.3) is 0 Å². The van der Waals surface area contributed by atoms with Gasteiger partial charge in [0.1, 0.15) is 0 Å². The summed E-state index contributed by atoms with van der Waals surface area (Å²) in [6.45, 7) is 7.63. The van der Waals surface area contributed by atoms with Gasteiger partial charge in [-0.15, -0.1) is 11.3 Å². The number of thiazole rings is 1. The number of sulfone groups is 1. The summed E-state index contributed by atoms with van der Waals surface area (Å²) in [5, 5.41) is 3.32. The Bertz CT molecular complexity index is 713. The predicted octanol–water partition coefficient (Wildman–Crippen LogP) is 3.03. The van der Waals surface area contributed by atoms with Crippen LogP contribution < -0.4 is 5.32 Å². The average Bonchev–Trinajstić information content (AvgIpc) is 2.81. The third-order valence-corrected chi connectivity index (χ3v) is 6.46. The highest BCUT2D eigenvalue weighted by Gasteiger charge is 2.31. The summed E-state index contributed by atoms with van der Waals surface area (Å²) >= 11 is 1.59. The fraction of sp³-hybridized carbons (Fsp3) is 0.429. The number of rotatable bonds is 4. The van der Waals surface area contributed by atoms with Crippen molar-refractivity contribution in [2.24, 2.45) is 0 Å². The molecule has 0 aliphatic carbocycles. The SMILES string of the molecule is Cc1ncsc1CNc1ccc(S(=O)(=O)C(C)(C)C)nc1. The van der Waals surface area contributed by atoms with Crippen molar-refractivity contribution in [2.45, 2.75) is 44.0 Å². The van der Waals surface area contributed by atoms with Gasteiger partial charge in [0.05, 0.1) is 34.4 Å². The molecule has 0 aromatic carbocycles. The largest absolute Gasteiger partial charge is 0.379 e. The highest BCUT2D eigenvalue weighted by Crippen LogP contribution is 2.24. The normalized spacial score (nSPS) is 12.4. The van der Waals surface area contributed by atoms with E-state index >= 15 is 0 Å². The lowest BCUT2D eigenvalue weighted by molar-refractivity contribution is 0.556. The van der Waals surface area contributed by atoms with Crippen LogP contribution in [0.3, 0.4) is 0 Å². The van der Waals surface area contributed by atoms with E-state index in [2.05, 4.69) is 15.3 Å².